The molecule has 0 fully saturated rings. The Hall–Kier alpha value is -3.22. The zero-order chi connectivity index (χ0) is 21.2. The number of hydrogen-bond donors (Lipinski definition) is 1. The Balaban J connectivity index is 2.08. The summed E-state index contributed by atoms with van der Waals surface area (Å²) in [7, 11) is 4.31. The third kappa shape index (κ3) is 6.14. The molecule has 0 aliphatic carbocycles. The molecule has 1 unspecified atom stereocenters. The molecule has 2 rings (SSSR count). The number of methoxy groups -OCH3 is 3. The van der Waals surface area contributed by atoms with Gasteiger partial charge in [0.15, 0.2) is 0 Å². The third-order valence-electron chi connectivity index (χ3n) is 4.50. The standard InChI is InChI=1S/C22H27NO6/c1-5-17(23-22(25)29-14-15-9-7-6-8-10-15)11-16-12-20(27-3)18(21(24)28-4)13-19(16)26-2/h6-10,12-13,17H,5,11,14H2,1-4H3,(H,23,25). The first kappa shape index (κ1) is 22.1. The average Bonchev–Trinajstić information content (AvgIpc) is 2.76. The fourth-order valence-electron chi connectivity index (χ4n) is 2.88. The Morgan fingerprint density at radius 2 is 1.69 bits per heavy atom. The van der Waals surface area contributed by atoms with Crippen LogP contribution in [-0.2, 0) is 22.5 Å². The van der Waals surface area contributed by atoms with Crippen LogP contribution in [0.1, 0.15) is 34.8 Å². The highest BCUT2D eigenvalue weighted by Gasteiger charge is 2.20. The molecular formula is C22H27NO6. The molecule has 2 aromatic rings. The molecule has 1 N–H and O–H groups in total. The average molecular weight is 401 g/mol. The van der Waals surface area contributed by atoms with Crippen LogP contribution in [0.25, 0.3) is 0 Å². The molecule has 2 aromatic carbocycles. The number of amides is 1. The van der Waals surface area contributed by atoms with Crippen LogP contribution < -0.4 is 14.8 Å². The number of alkyl carbamates (subject to hydrolysis) is 1. The van der Waals surface area contributed by atoms with Gasteiger partial charge < -0.3 is 24.3 Å². The molecule has 1 atom stereocenters. The molecule has 29 heavy (non-hydrogen) atoms. The van der Waals surface area contributed by atoms with Gasteiger partial charge in [0, 0.05) is 6.04 Å². The quantitative estimate of drug-likeness (QED) is 0.645. The first-order chi connectivity index (χ1) is 14.0. The Bertz CT molecular complexity index is 822. The van der Waals surface area contributed by atoms with Crippen LogP contribution in [-0.4, -0.2) is 39.4 Å². The fourth-order valence-corrected chi connectivity index (χ4v) is 2.88. The Kier molecular flexibility index (Phi) is 8.33. The van der Waals surface area contributed by atoms with Crippen molar-refractivity contribution in [2.75, 3.05) is 21.3 Å². The van der Waals surface area contributed by atoms with Crippen molar-refractivity contribution in [1.82, 2.24) is 5.32 Å². The topological polar surface area (TPSA) is 83.1 Å². The van der Waals surface area contributed by atoms with Crippen LogP contribution in [0.5, 0.6) is 11.5 Å². The lowest BCUT2D eigenvalue weighted by Crippen LogP contribution is -2.36. The molecule has 0 spiro atoms. The lowest BCUT2D eigenvalue weighted by atomic mass is 10.0. The molecule has 0 radical (unpaired) electrons. The van der Waals surface area contributed by atoms with E-state index in [0.717, 1.165) is 11.1 Å². The molecule has 0 aliphatic rings. The maximum Gasteiger partial charge on any atom is 0.407 e. The Morgan fingerprint density at radius 1 is 1.00 bits per heavy atom. The molecule has 1 amide bonds. The first-order valence-corrected chi connectivity index (χ1v) is 9.32. The van der Waals surface area contributed by atoms with Crippen molar-refractivity contribution < 1.29 is 28.5 Å². The summed E-state index contributed by atoms with van der Waals surface area (Å²) in [6, 6.07) is 12.6. The van der Waals surface area contributed by atoms with Gasteiger partial charge >= 0.3 is 12.1 Å². The summed E-state index contributed by atoms with van der Waals surface area (Å²) in [5.41, 5.74) is 1.99. The first-order valence-electron chi connectivity index (χ1n) is 9.32. The van der Waals surface area contributed by atoms with Gasteiger partial charge in [0.1, 0.15) is 23.7 Å². The van der Waals surface area contributed by atoms with Gasteiger partial charge in [-0.15, -0.1) is 0 Å². The minimum atomic E-state index is -0.513. The van der Waals surface area contributed by atoms with E-state index in [1.165, 1.54) is 21.3 Å². The van der Waals surface area contributed by atoms with E-state index in [1.54, 1.807) is 12.1 Å². The largest absolute Gasteiger partial charge is 0.496 e. The number of nitrogens with one attached hydrogen (secondary N) is 1. The molecule has 0 bridgehead atoms. The number of benzene rings is 2. The summed E-state index contributed by atoms with van der Waals surface area (Å²) < 4.78 is 20.8. The van der Waals surface area contributed by atoms with E-state index in [0.29, 0.717) is 24.3 Å². The van der Waals surface area contributed by atoms with E-state index in [4.69, 9.17) is 18.9 Å². The van der Waals surface area contributed by atoms with Gasteiger partial charge in [-0.25, -0.2) is 9.59 Å². The smallest absolute Gasteiger partial charge is 0.407 e. The number of hydrogen-bond acceptors (Lipinski definition) is 6. The summed E-state index contributed by atoms with van der Waals surface area (Å²) in [6.07, 6.45) is 0.681. The van der Waals surface area contributed by atoms with Crippen molar-refractivity contribution in [3.05, 3.63) is 59.2 Å². The van der Waals surface area contributed by atoms with E-state index in [-0.39, 0.29) is 18.2 Å². The van der Waals surface area contributed by atoms with Gasteiger partial charge in [-0.1, -0.05) is 37.3 Å². The maximum atomic E-state index is 12.2. The second kappa shape index (κ2) is 10.9. The number of carbonyl (C=O) groups is 2. The van der Waals surface area contributed by atoms with Crippen molar-refractivity contribution >= 4 is 12.1 Å². The van der Waals surface area contributed by atoms with Gasteiger partial charge in [0.05, 0.1) is 21.3 Å². The zero-order valence-electron chi connectivity index (χ0n) is 17.2. The summed E-state index contributed by atoms with van der Waals surface area (Å²) in [6.45, 7) is 2.17. The molecule has 7 heteroatoms. The SMILES string of the molecule is CCC(Cc1cc(OC)c(C(=O)OC)cc1OC)NC(=O)OCc1ccccc1. The lowest BCUT2D eigenvalue weighted by Gasteiger charge is -2.20. The number of rotatable bonds is 9. The van der Waals surface area contributed by atoms with E-state index in [2.05, 4.69) is 5.32 Å². The Labute approximate surface area is 170 Å². The molecule has 0 heterocycles. The molecular weight excluding hydrogens is 374 g/mol. The van der Waals surface area contributed by atoms with Crippen molar-refractivity contribution in [2.24, 2.45) is 0 Å². The number of ether oxygens (including phenoxy) is 4. The highest BCUT2D eigenvalue weighted by atomic mass is 16.5. The summed E-state index contributed by atoms with van der Waals surface area (Å²) in [5.74, 6) is 0.389. The molecule has 0 aliphatic heterocycles. The molecule has 7 nitrogen and oxygen atoms in total. The third-order valence-corrected chi connectivity index (χ3v) is 4.50. The molecule has 0 saturated heterocycles. The molecule has 0 aromatic heterocycles. The Morgan fingerprint density at radius 3 is 2.28 bits per heavy atom. The zero-order valence-corrected chi connectivity index (χ0v) is 17.2. The van der Waals surface area contributed by atoms with Crippen LogP contribution in [0.4, 0.5) is 4.79 Å². The number of esters is 1. The van der Waals surface area contributed by atoms with Crippen molar-refractivity contribution in [3.8, 4) is 11.5 Å². The predicted octanol–water partition coefficient (Wildman–Crippen LogP) is 3.74. The fraction of sp³-hybridized carbons (Fsp3) is 0.364. The van der Waals surface area contributed by atoms with E-state index in [1.807, 2.05) is 37.3 Å². The number of carbonyl (C=O) groups excluding carboxylic acids is 2. The second-order valence-electron chi connectivity index (χ2n) is 6.37. The van der Waals surface area contributed by atoms with E-state index < -0.39 is 12.1 Å². The van der Waals surface area contributed by atoms with Gasteiger partial charge in [-0.05, 0) is 36.1 Å². The summed E-state index contributed by atoms with van der Waals surface area (Å²) in [5, 5.41) is 2.87. The molecule has 156 valence electrons. The summed E-state index contributed by atoms with van der Waals surface area (Å²) >= 11 is 0. The van der Waals surface area contributed by atoms with E-state index in [9.17, 15) is 9.59 Å². The normalized spacial score (nSPS) is 11.3. The van der Waals surface area contributed by atoms with Crippen LogP contribution in [0.15, 0.2) is 42.5 Å². The monoisotopic (exact) mass is 401 g/mol. The van der Waals surface area contributed by atoms with Crippen molar-refractivity contribution in [3.63, 3.8) is 0 Å². The van der Waals surface area contributed by atoms with Crippen LogP contribution in [0.2, 0.25) is 0 Å². The highest BCUT2D eigenvalue weighted by Crippen LogP contribution is 2.30. The van der Waals surface area contributed by atoms with Gasteiger partial charge in [0.2, 0.25) is 0 Å². The van der Waals surface area contributed by atoms with Gasteiger partial charge in [0.25, 0.3) is 0 Å². The predicted molar refractivity (Wildman–Crippen MR) is 108 cm³/mol. The lowest BCUT2D eigenvalue weighted by molar-refractivity contribution is 0.0596. The second-order valence-corrected chi connectivity index (χ2v) is 6.37. The minimum absolute atomic E-state index is 0.180. The highest BCUT2D eigenvalue weighted by molar-refractivity contribution is 5.93. The van der Waals surface area contributed by atoms with Crippen LogP contribution in [0.3, 0.4) is 0 Å². The van der Waals surface area contributed by atoms with Crippen LogP contribution >= 0.6 is 0 Å². The van der Waals surface area contributed by atoms with Crippen molar-refractivity contribution in [1.29, 1.82) is 0 Å². The van der Waals surface area contributed by atoms with Gasteiger partial charge in [-0.3, -0.25) is 0 Å². The summed E-state index contributed by atoms with van der Waals surface area (Å²) in [4.78, 5) is 24.1. The van der Waals surface area contributed by atoms with Crippen LogP contribution in [0, 0.1) is 0 Å². The molecule has 0 saturated carbocycles. The maximum absolute atomic E-state index is 12.2. The van der Waals surface area contributed by atoms with E-state index >= 15 is 0 Å². The van der Waals surface area contributed by atoms with Gasteiger partial charge in [-0.2, -0.15) is 0 Å². The van der Waals surface area contributed by atoms with Crippen molar-refractivity contribution in [2.45, 2.75) is 32.4 Å². The minimum Gasteiger partial charge on any atom is -0.496 e.